The summed E-state index contributed by atoms with van der Waals surface area (Å²) < 4.78 is 26.5. The highest BCUT2D eigenvalue weighted by Gasteiger charge is 2.12. The van der Waals surface area contributed by atoms with Crippen LogP contribution in [0.15, 0.2) is 35.2 Å². The molecule has 0 amide bonds. The van der Waals surface area contributed by atoms with E-state index < -0.39 is 16.0 Å². The van der Waals surface area contributed by atoms with Crippen LogP contribution >= 0.6 is 0 Å². The summed E-state index contributed by atoms with van der Waals surface area (Å²) in [6.07, 6.45) is 9.59. The number of terminal acetylenes is 1. The average molecular weight is 307 g/mol. The Kier molecular flexibility index (Phi) is 6.66. The van der Waals surface area contributed by atoms with E-state index in [2.05, 4.69) is 10.6 Å². The second-order valence-electron chi connectivity index (χ2n) is 4.30. The summed E-state index contributed by atoms with van der Waals surface area (Å²) in [6, 6.07) is 5.97. The van der Waals surface area contributed by atoms with Crippen molar-refractivity contribution in [2.24, 2.45) is 0 Å². The number of carboxylic acids is 1. The van der Waals surface area contributed by atoms with Gasteiger partial charge in [0, 0.05) is 19.0 Å². The van der Waals surface area contributed by atoms with Gasteiger partial charge in [0.2, 0.25) is 10.0 Å². The first-order valence-corrected chi connectivity index (χ1v) is 7.88. The van der Waals surface area contributed by atoms with Gasteiger partial charge in [0.15, 0.2) is 0 Å². The van der Waals surface area contributed by atoms with Crippen LogP contribution in [0.4, 0.5) is 0 Å². The molecule has 0 unspecified atom stereocenters. The van der Waals surface area contributed by atoms with E-state index in [4.69, 9.17) is 11.5 Å². The van der Waals surface area contributed by atoms with Crippen LogP contribution in [-0.2, 0) is 14.8 Å². The van der Waals surface area contributed by atoms with Crippen LogP contribution < -0.4 is 4.72 Å². The fraction of sp³-hybridized carbons (Fsp3) is 0.267. The second kappa shape index (κ2) is 8.25. The highest BCUT2D eigenvalue weighted by molar-refractivity contribution is 7.89. The van der Waals surface area contributed by atoms with Crippen LogP contribution in [-0.4, -0.2) is 26.0 Å². The number of hydrogen-bond acceptors (Lipinski definition) is 3. The number of benzene rings is 1. The molecule has 0 aliphatic rings. The second-order valence-corrected chi connectivity index (χ2v) is 6.07. The summed E-state index contributed by atoms with van der Waals surface area (Å²) in [5.41, 5.74) is 0.616. The molecule has 0 aliphatic heterocycles. The summed E-state index contributed by atoms with van der Waals surface area (Å²) in [5, 5.41) is 8.51. The summed E-state index contributed by atoms with van der Waals surface area (Å²) in [4.78, 5) is 10.5. The monoisotopic (exact) mass is 307 g/mol. The maximum Gasteiger partial charge on any atom is 0.328 e. The lowest BCUT2D eigenvalue weighted by Crippen LogP contribution is -2.24. The number of carboxylic acid groups (broad SMARTS) is 1. The Hall–Kier alpha value is -2.10. The summed E-state index contributed by atoms with van der Waals surface area (Å²) in [6.45, 7) is 0.338. The highest BCUT2D eigenvalue weighted by atomic mass is 32.2. The van der Waals surface area contributed by atoms with Gasteiger partial charge in [-0.2, -0.15) is 0 Å². The molecule has 112 valence electrons. The fourth-order valence-electron chi connectivity index (χ4n) is 1.57. The summed E-state index contributed by atoms with van der Waals surface area (Å²) in [5.74, 6) is 1.44. The molecule has 1 aromatic rings. The highest BCUT2D eigenvalue weighted by Crippen LogP contribution is 2.11. The fourth-order valence-corrected chi connectivity index (χ4v) is 2.64. The number of hydrogen-bond donors (Lipinski definition) is 2. The molecular weight excluding hydrogens is 290 g/mol. The molecule has 1 rings (SSSR count). The predicted octanol–water partition coefficient (Wildman–Crippen LogP) is 1.87. The minimum absolute atomic E-state index is 0.145. The van der Waals surface area contributed by atoms with Gasteiger partial charge in [-0.1, -0.05) is 12.1 Å². The zero-order chi connectivity index (χ0) is 15.7. The normalized spacial score (nSPS) is 11.4. The number of aliphatic carboxylic acids is 1. The Morgan fingerprint density at radius 3 is 2.52 bits per heavy atom. The SMILES string of the molecule is C#CCCCCNS(=O)(=O)c1ccc(/C=C/C(=O)O)cc1. The molecule has 1 aromatic carbocycles. The van der Waals surface area contributed by atoms with Gasteiger partial charge in [-0.25, -0.2) is 17.9 Å². The third-order valence-electron chi connectivity index (χ3n) is 2.65. The van der Waals surface area contributed by atoms with Gasteiger partial charge >= 0.3 is 5.97 Å². The van der Waals surface area contributed by atoms with Crippen molar-refractivity contribution in [1.29, 1.82) is 0 Å². The third-order valence-corrected chi connectivity index (χ3v) is 4.13. The van der Waals surface area contributed by atoms with Crippen molar-refractivity contribution in [1.82, 2.24) is 4.72 Å². The Balaban J connectivity index is 2.63. The molecule has 2 N–H and O–H groups in total. The lowest BCUT2D eigenvalue weighted by molar-refractivity contribution is -0.131. The van der Waals surface area contributed by atoms with Crippen molar-refractivity contribution < 1.29 is 18.3 Å². The lowest BCUT2D eigenvalue weighted by atomic mass is 10.2. The molecule has 6 heteroatoms. The van der Waals surface area contributed by atoms with Crippen molar-refractivity contribution in [2.75, 3.05) is 6.54 Å². The maximum atomic E-state index is 12.0. The van der Waals surface area contributed by atoms with Gasteiger partial charge < -0.3 is 5.11 Å². The van der Waals surface area contributed by atoms with Gasteiger partial charge in [0.25, 0.3) is 0 Å². The van der Waals surface area contributed by atoms with Gasteiger partial charge in [-0.3, -0.25) is 0 Å². The third kappa shape index (κ3) is 6.25. The van der Waals surface area contributed by atoms with Crippen molar-refractivity contribution in [3.8, 4) is 12.3 Å². The molecule has 0 fully saturated rings. The number of carbonyl (C=O) groups is 1. The largest absolute Gasteiger partial charge is 0.478 e. The van der Waals surface area contributed by atoms with E-state index in [0.717, 1.165) is 12.5 Å². The summed E-state index contributed by atoms with van der Waals surface area (Å²) >= 11 is 0. The van der Waals surface area contributed by atoms with E-state index >= 15 is 0 Å². The molecule has 5 nitrogen and oxygen atoms in total. The van der Waals surface area contributed by atoms with Crippen LogP contribution in [0.3, 0.4) is 0 Å². The summed E-state index contributed by atoms with van der Waals surface area (Å²) in [7, 11) is -3.54. The predicted molar refractivity (Wildman–Crippen MR) is 81.0 cm³/mol. The molecular formula is C15H17NO4S. The first-order chi connectivity index (χ1) is 9.95. The van der Waals surface area contributed by atoms with E-state index in [9.17, 15) is 13.2 Å². The van der Waals surface area contributed by atoms with E-state index in [0.29, 0.717) is 24.9 Å². The van der Waals surface area contributed by atoms with E-state index in [1.807, 2.05) is 0 Å². The number of sulfonamides is 1. The van der Waals surface area contributed by atoms with Crippen LogP contribution in [0.25, 0.3) is 6.08 Å². The quantitative estimate of drug-likeness (QED) is 0.436. The first kappa shape index (κ1) is 17.0. The van der Waals surface area contributed by atoms with Gasteiger partial charge in [0.1, 0.15) is 0 Å². The van der Waals surface area contributed by atoms with Crippen molar-refractivity contribution >= 4 is 22.1 Å². The molecule has 0 radical (unpaired) electrons. The lowest BCUT2D eigenvalue weighted by Gasteiger charge is -2.06. The molecule has 0 saturated carbocycles. The number of rotatable bonds is 8. The van der Waals surface area contributed by atoms with Crippen molar-refractivity contribution in [2.45, 2.75) is 24.2 Å². The molecule has 0 heterocycles. The Bertz CT molecular complexity index is 639. The molecule has 0 spiro atoms. The van der Waals surface area contributed by atoms with E-state index in [1.165, 1.54) is 18.2 Å². The standard InChI is InChI=1S/C15H17NO4S/c1-2-3-4-5-12-16-21(19,20)14-9-6-13(7-10-14)8-11-15(17)18/h1,6-11,16H,3-5,12H2,(H,17,18)/b11-8+. The van der Waals surface area contributed by atoms with E-state index in [-0.39, 0.29) is 4.90 Å². The number of nitrogens with one attached hydrogen (secondary N) is 1. The topological polar surface area (TPSA) is 83.5 Å². The Morgan fingerprint density at radius 2 is 1.95 bits per heavy atom. The van der Waals surface area contributed by atoms with Crippen LogP contribution in [0.2, 0.25) is 0 Å². The van der Waals surface area contributed by atoms with Crippen LogP contribution in [0, 0.1) is 12.3 Å². The maximum absolute atomic E-state index is 12.0. The van der Waals surface area contributed by atoms with E-state index in [1.54, 1.807) is 12.1 Å². The van der Waals surface area contributed by atoms with Crippen molar-refractivity contribution in [3.63, 3.8) is 0 Å². The minimum Gasteiger partial charge on any atom is -0.478 e. The molecule has 0 atom stereocenters. The van der Waals surface area contributed by atoms with Crippen LogP contribution in [0.5, 0.6) is 0 Å². The molecule has 0 saturated heterocycles. The average Bonchev–Trinajstić information content (AvgIpc) is 2.45. The number of unbranched alkanes of at least 4 members (excludes halogenated alkanes) is 2. The Morgan fingerprint density at radius 1 is 1.29 bits per heavy atom. The zero-order valence-corrected chi connectivity index (χ0v) is 12.3. The van der Waals surface area contributed by atoms with Crippen LogP contribution in [0.1, 0.15) is 24.8 Å². The van der Waals surface area contributed by atoms with Crippen molar-refractivity contribution in [3.05, 3.63) is 35.9 Å². The minimum atomic E-state index is -3.54. The molecule has 0 aliphatic carbocycles. The molecule has 21 heavy (non-hydrogen) atoms. The molecule has 0 bridgehead atoms. The molecule has 0 aromatic heterocycles. The first-order valence-electron chi connectivity index (χ1n) is 6.40. The Labute approximate surface area is 124 Å². The van der Waals surface area contributed by atoms with Gasteiger partial charge in [0.05, 0.1) is 4.90 Å². The zero-order valence-electron chi connectivity index (χ0n) is 11.5. The van der Waals surface area contributed by atoms with Gasteiger partial charge in [-0.15, -0.1) is 12.3 Å². The smallest absolute Gasteiger partial charge is 0.328 e. The van der Waals surface area contributed by atoms with Gasteiger partial charge in [-0.05, 0) is 36.6 Å².